The van der Waals surface area contributed by atoms with Crippen LogP contribution in [0.25, 0.3) is 43.5 Å². The highest BCUT2D eigenvalue weighted by Gasteiger charge is 2.13. The third-order valence-electron chi connectivity index (χ3n) is 4.96. The Bertz CT molecular complexity index is 1290. The minimum atomic E-state index is -1.60. The first kappa shape index (κ1) is 17.1. The van der Waals surface area contributed by atoms with E-state index in [4.69, 9.17) is 12.9 Å². The Morgan fingerprint density at radius 2 is 1.29 bits per heavy atom. The molecule has 3 nitrogen and oxygen atoms in total. The molecule has 4 heteroatoms. The van der Waals surface area contributed by atoms with Gasteiger partial charge in [0.1, 0.15) is 11.2 Å². The monoisotopic (exact) mass is 386 g/mol. The van der Waals surface area contributed by atoms with Crippen molar-refractivity contribution >= 4 is 51.7 Å². The lowest BCUT2D eigenvalue weighted by atomic mass is 9.99. The molecule has 5 rings (SSSR count). The fourth-order valence-corrected chi connectivity index (χ4v) is 4.68. The van der Waals surface area contributed by atoms with Crippen LogP contribution in [0.3, 0.4) is 0 Å². The molecule has 0 aliphatic heterocycles. The Hall–Kier alpha value is -3.00. The first-order valence-corrected chi connectivity index (χ1v) is 10.3. The van der Waals surface area contributed by atoms with Crippen molar-refractivity contribution in [3.05, 3.63) is 85.5 Å². The minimum absolute atomic E-state index is 0.169. The number of rotatable bonds is 3. The van der Waals surface area contributed by atoms with Gasteiger partial charge in [0.15, 0.2) is 0 Å². The molecule has 1 unspecified atom stereocenters. The number of benzene rings is 4. The largest absolute Gasteiger partial charge is 0.399 e. The predicted molar refractivity (Wildman–Crippen MR) is 118 cm³/mol. The molecule has 0 aliphatic carbocycles. The maximum Gasteiger partial charge on any atom is 0.387 e. The average molecular weight is 386 g/mol. The first-order valence-electron chi connectivity index (χ1n) is 9.24. The van der Waals surface area contributed by atoms with Crippen LogP contribution in [0.15, 0.2) is 93.8 Å². The smallest absolute Gasteiger partial charge is 0.387 e. The standard InChI is InChI=1S/C24H19O3P/c1-3-16(2)25-28-26-21-14-12-17-8-4-6-10-19(17)23(21)24-20-11-7-5-9-18(20)13-15-22(24)27-28/h3-16H,1H2,2H3. The van der Waals surface area contributed by atoms with Gasteiger partial charge in [0.2, 0.25) is 0 Å². The van der Waals surface area contributed by atoms with Crippen molar-refractivity contribution < 1.29 is 12.9 Å². The van der Waals surface area contributed by atoms with Crippen molar-refractivity contribution in [2.24, 2.45) is 0 Å². The van der Waals surface area contributed by atoms with Crippen molar-refractivity contribution in [2.45, 2.75) is 13.0 Å². The molecule has 0 spiro atoms. The van der Waals surface area contributed by atoms with E-state index < -0.39 is 8.24 Å². The van der Waals surface area contributed by atoms with E-state index in [0.29, 0.717) is 0 Å². The Kier molecular flexibility index (Phi) is 4.20. The van der Waals surface area contributed by atoms with E-state index >= 15 is 0 Å². The van der Waals surface area contributed by atoms with Crippen LogP contribution in [0, 0.1) is 0 Å². The van der Waals surface area contributed by atoms with Gasteiger partial charge < -0.3 is 8.39 Å². The molecule has 1 aromatic heterocycles. The van der Waals surface area contributed by atoms with Crippen LogP contribution in [0.1, 0.15) is 6.92 Å². The van der Waals surface area contributed by atoms with E-state index in [1.54, 1.807) is 6.08 Å². The molecule has 0 saturated carbocycles. The van der Waals surface area contributed by atoms with E-state index in [1.165, 1.54) is 0 Å². The summed E-state index contributed by atoms with van der Waals surface area (Å²) in [6, 6.07) is 24.9. The third-order valence-corrected chi connectivity index (χ3v) is 6.16. The van der Waals surface area contributed by atoms with Gasteiger partial charge in [-0.25, -0.2) is 0 Å². The van der Waals surface area contributed by atoms with Crippen LogP contribution in [0.5, 0.6) is 0 Å². The van der Waals surface area contributed by atoms with E-state index in [-0.39, 0.29) is 6.10 Å². The summed E-state index contributed by atoms with van der Waals surface area (Å²) in [5.41, 5.74) is 1.55. The second kappa shape index (κ2) is 6.87. The highest BCUT2D eigenvalue weighted by atomic mass is 31.1. The first-order chi connectivity index (χ1) is 13.7. The number of hydrogen-bond acceptors (Lipinski definition) is 3. The Labute approximate surface area is 163 Å². The van der Waals surface area contributed by atoms with Crippen LogP contribution in [0.4, 0.5) is 0 Å². The van der Waals surface area contributed by atoms with Crippen LogP contribution in [-0.2, 0) is 0 Å². The van der Waals surface area contributed by atoms with E-state index in [9.17, 15) is 0 Å². The third kappa shape index (κ3) is 2.80. The van der Waals surface area contributed by atoms with Gasteiger partial charge in [-0.15, -0.1) is 6.58 Å². The summed E-state index contributed by atoms with van der Waals surface area (Å²) in [5, 5.41) is 6.69. The molecule has 0 fully saturated rings. The summed E-state index contributed by atoms with van der Waals surface area (Å²) in [7, 11) is -1.60. The molecule has 28 heavy (non-hydrogen) atoms. The number of hydrogen-bond donors (Lipinski definition) is 0. The highest BCUT2D eigenvalue weighted by Crippen LogP contribution is 2.40. The fourth-order valence-electron chi connectivity index (χ4n) is 3.57. The molecule has 1 heterocycles. The Morgan fingerprint density at radius 3 is 1.79 bits per heavy atom. The minimum Gasteiger partial charge on any atom is -0.399 e. The molecule has 0 saturated heterocycles. The molecule has 4 aromatic carbocycles. The molecule has 0 radical (unpaired) electrons. The quantitative estimate of drug-likeness (QED) is 0.300. The summed E-state index contributed by atoms with van der Waals surface area (Å²) in [6.07, 6.45) is 1.57. The van der Waals surface area contributed by atoms with E-state index in [0.717, 1.165) is 43.5 Å². The van der Waals surface area contributed by atoms with Gasteiger partial charge >= 0.3 is 8.24 Å². The van der Waals surface area contributed by atoms with Gasteiger partial charge in [-0.3, -0.25) is 4.52 Å². The van der Waals surface area contributed by atoms with Gasteiger partial charge in [-0.05, 0) is 40.6 Å². The summed E-state index contributed by atoms with van der Waals surface area (Å²) in [4.78, 5) is 0. The van der Waals surface area contributed by atoms with Crippen molar-refractivity contribution in [3.8, 4) is 0 Å². The van der Waals surface area contributed by atoms with Crippen molar-refractivity contribution in [1.82, 2.24) is 0 Å². The number of fused-ring (bicyclic) bond motifs is 7. The second-order valence-electron chi connectivity index (χ2n) is 6.77. The molecule has 0 aliphatic rings. The van der Waals surface area contributed by atoms with Crippen molar-refractivity contribution in [2.75, 3.05) is 0 Å². The average Bonchev–Trinajstić information content (AvgIpc) is 2.90. The zero-order chi connectivity index (χ0) is 19.1. The topological polar surface area (TPSA) is 35.5 Å². The highest BCUT2D eigenvalue weighted by molar-refractivity contribution is 7.31. The lowest BCUT2D eigenvalue weighted by Crippen LogP contribution is -2.04. The second-order valence-corrected chi connectivity index (χ2v) is 7.80. The molecule has 1 atom stereocenters. The van der Waals surface area contributed by atoms with Crippen LogP contribution in [-0.4, -0.2) is 6.10 Å². The van der Waals surface area contributed by atoms with Gasteiger partial charge in [0.05, 0.1) is 6.10 Å². The molecular formula is C24H19O3P. The zero-order valence-electron chi connectivity index (χ0n) is 15.5. The zero-order valence-corrected chi connectivity index (χ0v) is 16.4. The van der Waals surface area contributed by atoms with Crippen LogP contribution < -0.4 is 4.52 Å². The molecule has 5 aromatic rings. The predicted octanol–water partition coefficient (Wildman–Crippen LogP) is 7.60. The van der Waals surface area contributed by atoms with Gasteiger partial charge in [0.25, 0.3) is 0 Å². The fraction of sp³-hybridized carbons (Fsp3) is 0.0833. The SMILES string of the molecule is C=CC(C)Op1oc2ccc3ccccc3c2c2c(ccc3ccccc32)o1. The molecule has 0 amide bonds. The van der Waals surface area contributed by atoms with E-state index in [2.05, 4.69) is 67.2 Å². The lowest BCUT2D eigenvalue weighted by Gasteiger charge is -2.05. The van der Waals surface area contributed by atoms with Crippen molar-refractivity contribution in [1.29, 1.82) is 0 Å². The summed E-state index contributed by atoms with van der Waals surface area (Å²) in [5.74, 6) is 0. The summed E-state index contributed by atoms with van der Waals surface area (Å²) >= 11 is 0. The maximum atomic E-state index is 6.24. The molecular weight excluding hydrogens is 367 g/mol. The van der Waals surface area contributed by atoms with Gasteiger partial charge in [-0.1, -0.05) is 66.7 Å². The maximum absolute atomic E-state index is 6.24. The van der Waals surface area contributed by atoms with Gasteiger partial charge in [0, 0.05) is 10.8 Å². The molecule has 0 N–H and O–H groups in total. The summed E-state index contributed by atoms with van der Waals surface area (Å²) < 4.78 is 18.4. The molecule has 138 valence electrons. The van der Waals surface area contributed by atoms with E-state index in [1.807, 2.05) is 19.1 Å². The van der Waals surface area contributed by atoms with Crippen molar-refractivity contribution in [3.63, 3.8) is 0 Å². The lowest BCUT2D eigenvalue weighted by molar-refractivity contribution is 0.328. The molecule has 0 bridgehead atoms. The Balaban J connectivity index is 2.05. The van der Waals surface area contributed by atoms with Crippen LogP contribution in [0.2, 0.25) is 0 Å². The Morgan fingerprint density at radius 1 is 0.786 bits per heavy atom. The van der Waals surface area contributed by atoms with Crippen LogP contribution >= 0.6 is 8.24 Å². The summed E-state index contributed by atoms with van der Waals surface area (Å²) in [6.45, 7) is 5.72. The normalized spacial score (nSPS) is 12.6. The van der Waals surface area contributed by atoms with Gasteiger partial charge in [-0.2, -0.15) is 0 Å².